The van der Waals surface area contributed by atoms with Crippen LogP contribution in [0, 0.1) is 0 Å². The predicted molar refractivity (Wildman–Crippen MR) is 89.7 cm³/mol. The molecule has 7 nitrogen and oxygen atoms in total. The fraction of sp³-hybridized carbons (Fsp3) is 0.0588. The first-order valence-corrected chi connectivity index (χ1v) is 7.23. The molecule has 2 aromatic rings. The Morgan fingerprint density at radius 3 is 2.50 bits per heavy atom. The Kier molecular flexibility index (Phi) is 4.17. The molecule has 2 heterocycles. The van der Waals surface area contributed by atoms with Gasteiger partial charge in [0.1, 0.15) is 0 Å². The van der Waals surface area contributed by atoms with Gasteiger partial charge in [-0.15, -0.1) is 0 Å². The third kappa shape index (κ3) is 2.92. The first-order chi connectivity index (χ1) is 11.6. The summed E-state index contributed by atoms with van der Waals surface area (Å²) in [6.07, 6.45) is 4.30. The van der Waals surface area contributed by atoms with Gasteiger partial charge in [-0.05, 0) is 31.2 Å². The van der Waals surface area contributed by atoms with Crippen molar-refractivity contribution >= 4 is 23.2 Å². The maximum Gasteiger partial charge on any atom is 0.282 e. The standard InChI is InChI=1S/C17H15N5O2/c1-12-15(11-21(18)16(23)13-7-9-19-10-8-13)17(24)22(20-12)14-5-3-2-4-6-14/h2-11H,18H2,1H3. The van der Waals surface area contributed by atoms with E-state index in [1.165, 1.54) is 23.6 Å². The molecule has 2 amide bonds. The van der Waals surface area contributed by atoms with Crippen molar-refractivity contribution in [2.75, 3.05) is 5.01 Å². The molecular formula is C17H15N5O2. The molecule has 3 rings (SSSR count). The number of carbonyl (C=O) groups is 2. The highest BCUT2D eigenvalue weighted by Gasteiger charge is 2.29. The Morgan fingerprint density at radius 2 is 1.83 bits per heavy atom. The zero-order chi connectivity index (χ0) is 17.1. The maximum absolute atomic E-state index is 12.6. The average Bonchev–Trinajstić information content (AvgIpc) is 2.90. The smallest absolute Gasteiger partial charge is 0.267 e. The Labute approximate surface area is 138 Å². The molecule has 1 aromatic heterocycles. The SMILES string of the molecule is CC1=NN(c2ccccc2)C(=O)C1=CN(N)C(=O)c1ccncc1. The lowest BCUT2D eigenvalue weighted by Crippen LogP contribution is -2.34. The molecule has 1 aromatic carbocycles. The number of nitrogens with two attached hydrogens (primary N) is 1. The van der Waals surface area contributed by atoms with E-state index >= 15 is 0 Å². The van der Waals surface area contributed by atoms with Crippen LogP contribution in [0.5, 0.6) is 0 Å². The molecule has 0 spiro atoms. The molecule has 0 unspecified atom stereocenters. The van der Waals surface area contributed by atoms with E-state index in [0.29, 0.717) is 17.0 Å². The number of rotatable bonds is 3. The van der Waals surface area contributed by atoms with Gasteiger partial charge in [-0.1, -0.05) is 18.2 Å². The van der Waals surface area contributed by atoms with Crippen LogP contribution in [0.4, 0.5) is 5.69 Å². The van der Waals surface area contributed by atoms with E-state index in [-0.39, 0.29) is 11.5 Å². The first-order valence-electron chi connectivity index (χ1n) is 7.23. The minimum Gasteiger partial charge on any atom is -0.267 e. The van der Waals surface area contributed by atoms with Crippen LogP contribution in [0.3, 0.4) is 0 Å². The number of nitrogens with zero attached hydrogens (tertiary/aromatic N) is 4. The van der Waals surface area contributed by atoms with Crippen LogP contribution in [0.15, 0.2) is 71.7 Å². The highest BCUT2D eigenvalue weighted by molar-refractivity contribution is 6.29. The van der Waals surface area contributed by atoms with Crippen LogP contribution >= 0.6 is 0 Å². The Bertz CT molecular complexity index is 831. The number of carbonyl (C=O) groups excluding carboxylic acids is 2. The molecule has 120 valence electrons. The number of hydrogen-bond acceptors (Lipinski definition) is 5. The molecular weight excluding hydrogens is 306 g/mol. The van der Waals surface area contributed by atoms with Gasteiger partial charge < -0.3 is 0 Å². The summed E-state index contributed by atoms with van der Waals surface area (Å²) in [5.41, 5.74) is 1.78. The highest BCUT2D eigenvalue weighted by Crippen LogP contribution is 2.23. The van der Waals surface area contributed by atoms with Gasteiger partial charge >= 0.3 is 0 Å². The van der Waals surface area contributed by atoms with Crippen molar-refractivity contribution in [1.29, 1.82) is 0 Å². The van der Waals surface area contributed by atoms with Crippen molar-refractivity contribution in [3.8, 4) is 0 Å². The molecule has 0 saturated heterocycles. The molecule has 7 heteroatoms. The topological polar surface area (TPSA) is 91.9 Å². The third-order valence-electron chi connectivity index (χ3n) is 3.49. The Morgan fingerprint density at radius 1 is 1.17 bits per heavy atom. The molecule has 1 aliphatic rings. The second kappa shape index (κ2) is 6.43. The van der Waals surface area contributed by atoms with Crippen LogP contribution in [0.25, 0.3) is 0 Å². The number of para-hydroxylation sites is 1. The number of amides is 2. The lowest BCUT2D eigenvalue weighted by molar-refractivity contribution is -0.114. The second-order valence-electron chi connectivity index (χ2n) is 5.13. The van der Waals surface area contributed by atoms with Gasteiger partial charge in [0.25, 0.3) is 11.8 Å². The summed E-state index contributed by atoms with van der Waals surface area (Å²) in [6.45, 7) is 1.69. The minimum absolute atomic E-state index is 0.267. The molecule has 0 bridgehead atoms. The molecule has 2 N–H and O–H groups in total. The van der Waals surface area contributed by atoms with E-state index in [2.05, 4.69) is 10.1 Å². The molecule has 1 aliphatic heterocycles. The van der Waals surface area contributed by atoms with Crippen LogP contribution in [0.2, 0.25) is 0 Å². The van der Waals surface area contributed by atoms with Crippen molar-refractivity contribution in [3.05, 3.63) is 72.2 Å². The van der Waals surface area contributed by atoms with Gasteiger partial charge in [-0.25, -0.2) is 5.84 Å². The minimum atomic E-state index is -0.441. The lowest BCUT2D eigenvalue weighted by Gasteiger charge is -2.14. The largest absolute Gasteiger partial charge is 0.282 e. The van der Waals surface area contributed by atoms with E-state index < -0.39 is 5.91 Å². The van der Waals surface area contributed by atoms with Gasteiger partial charge in [0.05, 0.1) is 17.0 Å². The molecule has 0 radical (unpaired) electrons. The number of anilines is 1. The fourth-order valence-electron chi connectivity index (χ4n) is 2.25. The molecule has 0 fully saturated rings. The normalized spacial score (nSPS) is 15.6. The van der Waals surface area contributed by atoms with Crippen molar-refractivity contribution < 1.29 is 9.59 Å². The summed E-state index contributed by atoms with van der Waals surface area (Å²) in [7, 11) is 0. The maximum atomic E-state index is 12.6. The summed E-state index contributed by atoms with van der Waals surface area (Å²) in [5.74, 6) is 5.02. The van der Waals surface area contributed by atoms with Crippen LogP contribution in [-0.2, 0) is 4.79 Å². The van der Waals surface area contributed by atoms with Crippen LogP contribution in [-0.4, -0.2) is 27.5 Å². The number of hydrogen-bond donors (Lipinski definition) is 1. The molecule has 0 atom stereocenters. The molecule has 0 saturated carbocycles. The van der Waals surface area contributed by atoms with Crippen LogP contribution in [0.1, 0.15) is 17.3 Å². The molecule has 0 aliphatic carbocycles. The van der Waals surface area contributed by atoms with Gasteiger partial charge in [0.15, 0.2) is 0 Å². The summed E-state index contributed by atoms with van der Waals surface area (Å²) in [6, 6.07) is 12.1. The summed E-state index contributed by atoms with van der Waals surface area (Å²) in [4.78, 5) is 28.7. The second-order valence-corrected chi connectivity index (χ2v) is 5.13. The van der Waals surface area contributed by atoms with E-state index in [1.807, 2.05) is 18.2 Å². The van der Waals surface area contributed by atoms with Crippen molar-refractivity contribution in [2.24, 2.45) is 10.9 Å². The van der Waals surface area contributed by atoms with Gasteiger partial charge in [0.2, 0.25) is 0 Å². The number of hydrazine groups is 1. The van der Waals surface area contributed by atoms with Gasteiger partial charge in [-0.3, -0.25) is 19.6 Å². The number of aromatic nitrogens is 1. The fourth-order valence-corrected chi connectivity index (χ4v) is 2.25. The highest BCUT2D eigenvalue weighted by atomic mass is 16.2. The van der Waals surface area contributed by atoms with Crippen molar-refractivity contribution in [3.63, 3.8) is 0 Å². The monoisotopic (exact) mass is 321 g/mol. The first kappa shape index (κ1) is 15.6. The van der Waals surface area contributed by atoms with Gasteiger partial charge in [-0.2, -0.15) is 10.1 Å². The Hall–Kier alpha value is -3.32. The van der Waals surface area contributed by atoms with Crippen LogP contribution < -0.4 is 10.9 Å². The zero-order valence-electron chi connectivity index (χ0n) is 13.0. The van der Waals surface area contributed by atoms with E-state index in [1.54, 1.807) is 31.2 Å². The van der Waals surface area contributed by atoms with Crippen molar-refractivity contribution in [1.82, 2.24) is 9.99 Å². The summed E-state index contributed by atoms with van der Waals surface area (Å²) < 4.78 is 0. The number of hydrazone groups is 1. The third-order valence-corrected chi connectivity index (χ3v) is 3.49. The lowest BCUT2D eigenvalue weighted by atomic mass is 10.2. The summed E-state index contributed by atoms with van der Waals surface area (Å²) >= 11 is 0. The average molecular weight is 321 g/mol. The number of pyridine rings is 1. The number of benzene rings is 1. The summed E-state index contributed by atoms with van der Waals surface area (Å²) in [5, 5.41) is 6.40. The van der Waals surface area contributed by atoms with Gasteiger partial charge in [0, 0.05) is 24.2 Å². The van der Waals surface area contributed by atoms with E-state index in [9.17, 15) is 9.59 Å². The quantitative estimate of drug-likeness (QED) is 0.403. The Balaban J connectivity index is 1.85. The predicted octanol–water partition coefficient (Wildman–Crippen LogP) is 1.70. The molecule has 24 heavy (non-hydrogen) atoms. The van der Waals surface area contributed by atoms with Crippen molar-refractivity contribution in [2.45, 2.75) is 6.92 Å². The van der Waals surface area contributed by atoms with E-state index in [0.717, 1.165) is 5.01 Å². The zero-order valence-corrected chi connectivity index (χ0v) is 13.0. The van der Waals surface area contributed by atoms with E-state index in [4.69, 9.17) is 5.84 Å².